The third-order valence-corrected chi connectivity index (χ3v) is 7.83. The number of aromatic nitrogens is 2. The molecule has 10 heteroatoms. The van der Waals surface area contributed by atoms with Crippen molar-refractivity contribution in [2.75, 3.05) is 19.5 Å². The molecule has 4 aromatic carbocycles. The average molecular weight is 673 g/mol. The number of methoxy groups -OCH3 is 2. The van der Waals surface area contributed by atoms with E-state index in [0.717, 1.165) is 39.3 Å². The van der Waals surface area contributed by atoms with E-state index in [1.54, 1.807) is 37.4 Å². The van der Waals surface area contributed by atoms with Gasteiger partial charge in [-0.05, 0) is 85.5 Å². The summed E-state index contributed by atoms with van der Waals surface area (Å²) in [5, 5.41) is 3.82. The van der Waals surface area contributed by atoms with Crippen molar-refractivity contribution in [3.8, 4) is 28.1 Å². The molecule has 0 aliphatic carbocycles. The molecule has 242 valence electrons. The molecule has 5 aromatic rings. The number of carbonyl (C=O) groups excluding carboxylic acids is 2. The predicted molar refractivity (Wildman–Crippen MR) is 186 cm³/mol. The lowest BCUT2D eigenvalue weighted by Crippen LogP contribution is -2.27. The van der Waals surface area contributed by atoms with E-state index in [2.05, 4.69) is 22.0 Å². The number of benzene rings is 4. The van der Waals surface area contributed by atoms with Crippen molar-refractivity contribution in [3.63, 3.8) is 0 Å². The maximum absolute atomic E-state index is 12.3. The van der Waals surface area contributed by atoms with Crippen LogP contribution in [0.5, 0.6) is 5.75 Å². The van der Waals surface area contributed by atoms with E-state index < -0.39 is 11.7 Å². The molecule has 1 N–H and O–H groups in total. The number of rotatable bonds is 9. The van der Waals surface area contributed by atoms with Crippen LogP contribution in [0.4, 0.5) is 10.5 Å². The minimum atomic E-state index is -0.613. The van der Waals surface area contributed by atoms with Gasteiger partial charge in [-0.25, -0.2) is 14.6 Å². The van der Waals surface area contributed by atoms with Gasteiger partial charge in [0.2, 0.25) is 0 Å². The zero-order valence-electron chi connectivity index (χ0n) is 26.8. The van der Waals surface area contributed by atoms with Crippen molar-refractivity contribution in [1.29, 1.82) is 0 Å². The quantitative estimate of drug-likeness (QED) is 0.157. The molecule has 1 aromatic heterocycles. The lowest BCUT2D eigenvalue weighted by molar-refractivity contribution is 0.0598. The van der Waals surface area contributed by atoms with Gasteiger partial charge in [-0.2, -0.15) is 0 Å². The average Bonchev–Trinajstić information content (AvgIpc) is 3.41. The summed E-state index contributed by atoms with van der Waals surface area (Å²) in [5.74, 6) is 0.984. The number of nitrogens with zero attached hydrogens (tertiary/aromatic N) is 2. The van der Waals surface area contributed by atoms with Crippen LogP contribution in [0.25, 0.3) is 22.4 Å². The first kappa shape index (κ1) is 33.6. The number of ether oxygens (including phenoxy) is 3. The SMILES string of the molecule is COC(=O)c1ccc(Cn2cc(-c3ccc(Cl)cc3Cl)nc2Cc2ccc(-c3ccc(NC(=O)OC(C)(C)C)c(OC)c3)cc2)cc1. The van der Waals surface area contributed by atoms with Crippen molar-refractivity contribution in [2.24, 2.45) is 0 Å². The fraction of sp³-hybridized carbons (Fsp3) is 0.216. The molecule has 5 rings (SSSR count). The Morgan fingerprint density at radius 2 is 1.53 bits per heavy atom. The zero-order valence-corrected chi connectivity index (χ0v) is 28.3. The summed E-state index contributed by atoms with van der Waals surface area (Å²) in [5.41, 5.74) is 5.89. The molecule has 0 bridgehead atoms. The van der Waals surface area contributed by atoms with Crippen LogP contribution in [0.1, 0.15) is 48.1 Å². The highest BCUT2D eigenvalue weighted by Gasteiger charge is 2.18. The molecule has 0 atom stereocenters. The Morgan fingerprint density at radius 3 is 2.17 bits per heavy atom. The number of carbonyl (C=O) groups is 2. The number of nitrogens with one attached hydrogen (secondary N) is 1. The molecule has 0 fully saturated rings. The maximum atomic E-state index is 12.3. The minimum Gasteiger partial charge on any atom is -0.495 e. The molecule has 0 aliphatic heterocycles. The Labute approximate surface area is 284 Å². The fourth-order valence-electron chi connectivity index (χ4n) is 5.01. The topological polar surface area (TPSA) is 91.7 Å². The summed E-state index contributed by atoms with van der Waals surface area (Å²) in [6.45, 7) is 5.97. The normalized spacial score (nSPS) is 11.2. The largest absolute Gasteiger partial charge is 0.495 e. The van der Waals surface area contributed by atoms with Crippen LogP contribution < -0.4 is 10.1 Å². The van der Waals surface area contributed by atoms with Crippen molar-refractivity contribution in [2.45, 2.75) is 39.3 Å². The third-order valence-electron chi connectivity index (χ3n) is 7.28. The van der Waals surface area contributed by atoms with Gasteiger partial charge in [-0.15, -0.1) is 0 Å². The monoisotopic (exact) mass is 671 g/mol. The molecule has 0 spiro atoms. The number of esters is 1. The number of hydrogen-bond donors (Lipinski definition) is 1. The van der Waals surface area contributed by atoms with E-state index >= 15 is 0 Å². The molecule has 1 amide bonds. The van der Waals surface area contributed by atoms with Crippen LogP contribution in [-0.2, 0) is 22.4 Å². The zero-order chi connectivity index (χ0) is 33.7. The van der Waals surface area contributed by atoms with Gasteiger partial charge in [0.25, 0.3) is 0 Å². The fourth-order valence-corrected chi connectivity index (χ4v) is 5.51. The van der Waals surface area contributed by atoms with Gasteiger partial charge in [0, 0.05) is 29.7 Å². The van der Waals surface area contributed by atoms with Gasteiger partial charge in [0.15, 0.2) is 0 Å². The van der Waals surface area contributed by atoms with Gasteiger partial charge < -0.3 is 18.8 Å². The first-order valence-corrected chi connectivity index (χ1v) is 15.6. The lowest BCUT2D eigenvalue weighted by Gasteiger charge is -2.20. The number of hydrogen-bond acceptors (Lipinski definition) is 6. The Hall–Kier alpha value is -4.79. The van der Waals surface area contributed by atoms with Crippen LogP contribution in [0, 0.1) is 0 Å². The number of halogens is 2. The summed E-state index contributed by atoms with van der Waals surface area (Å²) in [7, 11) is 2.92. The van der Waals surface area contributed by atoms with Gasteiger partial charge in [0.1, 0.15) is 17.2 Å². The second kappa shape index (κ2) is 14.3. The second-order valence-corrected chi connectivity index (χ2v) is 12.7. The van der Waals surface area contributed by atoms with Crippen LogP contribution >= 0.6 is 23.2 Å². The number of imidazole rings is 1. The molecule has 0 unspecified atom stereocenters. The molecule has 47 heavy (non-hydrogen) atoms. The van der Waals surface area contributed by atoms with Crippen molar-refractivity contribution < 1.29 is 23.8 Å². The van der Waals surface area contributed by atoms with E-state index in [1.807, 2.05) is 69.4 Å². The molecular formula is C37H35Cl2N3O5. The summed E-state index contributed by atoms with van der Waals surface area (Å²) in [4.78, 5) is 29.2. The highest BCUT2D eigenvalue weighted by atomic mass is 35.5. The summed E-state index contributed by atoms with van der Waals surface area (Å²) in [6.07, 6.45) is 1.99. The maximum Gasteiger partial charge on any atom is 0.412 e. The first-order valence-electron chi connectivity index (χ1n) is 14.9. The second-order valence-electron chi connectivity index (χ2n) is 11.9. The molecular weight excluding hydrogens is 637 g/mol. The molecule has 0 saturated carbocycles. The summed E-state index contributed by atoms with van der Waals surface area (Å²) < 4.78 is 17.9. The Morgan fingerprint density at radius 1 is 0.851 bits per heavy atom. The van der Waals surface area contributed by atoms with E-state index in [1.165, 1.54) is 7.11 Å². The predicted octanol–water partition coefficient (Wildman–Crippen LogP) is 9.31. The smallest absolute Gasteiger partial charge is 0.412 e. The van der Waals surface area contributed by atoms with Gasteiger partial charge in [-0.1, -0.05) is 65.7 Å². The van der Waals surface area contributed by atoms with E-state index in [-0.39, 0.29) is 5.97 Å². The molecule has 0 radical (unpaired) electrons. The van der Waals surface area contributed by atoms with Gasteiger partial charge in [-0.3, -0.25) is 5.32 Å². The molecule has 1 heterocycles. The van der Waals surface area contributed by atoms with Crippen LogP contribution in [-0.4, -0.2) is 41.4 Å². The standard InChI is InChI=1S/C37H35Cl2N3O5/c1-37(2,3)47-36(44)41-31-17-14-27(19-33(31)45-4)25-10-6-23(7-11-25)18-34-40-32(29-16-15-28(38)20-30(29)39)22-42(34)21-24-8-12-26(13-9-24)35(43)46-5/h6-17,19-20,22H,18,21H2,1-5H3,(H,41,44). The number of anilines is 1. The van der Waals surface area contributed by atoms with Gasteiger partial charge >= 0.3 is 12.1 Å². The van der Waals surface area contributed by atoms with Crippen LogP contribution in [0.3, 0.4) is 0 Å². The van der Waals surface area contributed by atoms with Crippen molar-refractivity contribution in [1.82, 2.24) is 9.55 Å². The van der Waals surface area contributed by atoms with Crippen LogP contribution in [0.15, 0.2) is 91.1 Å². The first-order chi connectivity index (χ1) is 22.4. The van der Waals surface area contributed by atoms with E-state index in [9.17, 15) is 9.59 Å². The Kier molecular flexibility index (Phi) is 10.2. The number of amides is 1. The third kappa shape index (κ3) is 8.52. The lowest BCUT2D eigenvalue weighted by atomic mass is 10.0. The molecule has 0 aliphatic rings. The van der Waals surface area contributed by atoms with Crippen molar-refractivity contribution >= 4 is 41.0 Å². The summed E-state index contributed by atoms with van der Waals surface area (Å²) >= 11 is 12.7. The Balaban J connectivity index is 1.39. The van der Waals surface area contributed by atoms with Gasteiger partial charge in [0.05, 0.1) is 36.2 Å². The van der Waals surface area contributed by atoms with Crippen LogP contribution in [0.2, 0.25) is 10.0 Å². The van der Waals surface area contributed by atoms with E-state index in [4.69, 9.17) is 42.4 Å². The molecule has 0 saturated heterocycles. The Bertz CT molecular complexity index is 1900. The summed E-state index contributed by atoms with van der Waals surface area (Å²) in [6, 6.07) is 26.5. The minimum absolute atomic E-state index is 0.380. The molecule has 8 nitrogen and oxygen atoms in total. The highest BCUT2D eigenvalue weighted by Crippen LogP contribution is 2.33. The van der Waals surface area contributed by atoms with Crippen molar-refractivity contribution in [3.05, 3.63) is 124 Å². The van der Waals surface area contributed by atoms with E-state index in [0.29, 0.717) is 40.0 Å². The highest BCUT2D eigenvalue weighted by molar-refractivity contribution is 6.36.